The summed E-state index contributed by atoms with van der Waals surface area (Å²) in [6.07, 6.45) is 6.51. The minimum absolute atomic E-state index is 0.248. The molecule has 0 spiro atoms. The first-order valence-electron chi connectivity index (χ1n) is 9.80. The molecule has 7 heteroatoms. The summed E-state index contributed by atoms with van der Waals surface area (Å²) in [6.45, 7) is 0.328. The Bertz CT molecular complexity index is 894. The second kappa shape index (κ2) is 6.34. The van der Waals surface area contributed by atoms with Crippen LogP contribution in [-0.2, 0) is 11.2 Å². The van der Waals surface area contributed by atoms with E-state index in [1.165, 1.54) is 36.1 Å². The molecule has 7 nitrogen and oxygen atoms in total. The van der Waals surface area contributed by atoms with Gasteiger partial charge in [-0.3, -0.25) is 15.0 Å². The average Bonchev–Trinajstić information content (AvgIpc) is 3.12. The average molecular weight is 368 g/mol. The van der Waals surface area contributed by atoms with E-state index in [4.69, 9.17) is 4.52 Å². The van der Waals surface area contributed by atoms with E-state index in [0.29, 0.717) is 23.9 Å². The lowest BCUT2D eigenvalue weighted by molar-refractivity contribution is -0.120. The van der Waals surface area contributed by atoms with Gasteiger partial charge in [-0.2, -0.15) is 0 Å². The number of anilines is 1. The molecule has 1 aromatic heterocycles. The molecule has 3 amide bonds. The van der Waals surface area contributed by atoms with E-state index in [0.717, 1.165) is 23.9 Å². The fraction of sp³-hybridized carbons (Fsp3) is 0.550. The largest absolute Gasteiger partial charge is 0.354 e. The van der Waals surface area contributed by atoms with Gasteiger partial charge in [-0.25, -0.2) is 4.79 Å². The van der Waals surface area contributed by atoms with Crippen molar-refractivity contribution in [2.24, 2.45) is 5.92 Å². The summed E-state index contributed by atoms with van der Waals surface area (Å²) in [6, 6.07) is 7.19. The molecule has 4 heterocycles. The van der Waals surface area contributed by atoms with Crippen molar-refractivity contribution < 1.29 is 14.1 Å². The van der Waals surface area contributed by atoms with Crippen LogP contribution in [0.4, 0.5) is 10.6 Å². The van der Waals surface area contributed by atoms with Crippen LogP contribution in [0.3, 0.4) is 0 Å². The number of nitrogens with zero attached hydrogens (tertiary/aromatic N) is 3. The highest BCUT2D eigenvalue weighted by Gasteiger charge is 2.38. The number of imide groups is 1. The number of rotatable bonds is 3. The van der Waals surface area contributed by atoms with E-state index in [-0.39, 0.29) is 12.3 Å². The van der Waals surface area contributed by atoms with E-state index >= 15 is 0 Å². The smallest absolute Gasteiger partial charge is 0.329 e. The van der Waals surface area contributed by atoms with Crippen molar-refractivity contribution in [2.75, 3.05) is 18.5 Å². The number of fused-ring (bicyclic) bond motifs is 3. The number of aromatic nitrogens is 1. The molecule has 0 radical (unpaired) electrons. The number of carbonyl (C=O) groups excluding carboxylic acids is 2. The van der Waals surface area contributed by atoms with Crippen LogP contribution in [0, 0.1) is 5.92 Å². The van der Waals surface area contributed by atoms with Gasteiger partial charge in [0.05, 0.1) is 5.39 Å². The van der Waals surface area contributed by atoms with Gasteiger partial charge in [0, 0.05) is 25.0 Å². The van der Waals surface area contributed by atoms with Gasteiger partial charge in [0.25, 0.3) is 0 Å². The molecule has 1 N–H and O–H groups in total. The Kier molecular flexibility index (Phi) is 3.93. The molecule has 3 atom stereocenters. The number of carbonyl (C=O) groups is 2. The molecule has 27 heavy (non-hydrogen) atoms. The van der Waals surface area contributed by atoms with E-state index in [1.807, 2.05) is 6.07 Å². The number of hydrogen-bond acceptors (Lipinski definition) is 5. The second-order valence-corrected chi connectivity index (χ2v) is 8.18. The number of benzene rings is 1. The van der Waals surface area contributed by atoms with Crippen molar-refractivity contribution in [1.82, 2.24) is 15.4 Å². The first-order valence-corrected chi connectivity index (χ1v) is 9.80. The maximum absolute atomic E-state index is 12.2. The van der Waals surface area contributed by atoms with E-state index in [9.17, 15) is 9.59 Å². The third-order valence-corrected chi connectivity index (χ3v) is 6.55. The Morgan fingerprint density at radius 3 is 2.74 bits per heavy atom. The molecule has 5 rings (SSSR count). The van der Waals surface area contributed by atoms with E-state index in [1.54, 1.807) is 0 Å². The number of hydrogen-bond donors (Lipinski definition) is 1. The van der Waals surface area contributed by atoms with Crippen LogP contribution in [0.2, 0.25) is 0 Å². The van der Waals surface area contributed by atoms with Crippen molar-refractivity contribution in [1.29, 1.82) is 0 Å². The summed E-state index contributed by atoms with van der Waals surface area (Å²) in [7, 11) is 2.27. The summed E-state index contributed by atoms with van der Waals surface area (Å²) in [4.78, 5) is 27.6. The second-order valence-electron chi connectivity index (χ2n) is 8.18. The molecular formula is C20H24N4O3. The van der Waals surface area contributed by atoms with Gasteiger partial charge in [0.15, 0.2) is 11.4 Å². The third-order valence-electron chi connectivity index (χ3n) is 6.55. The zero-order chi connectivity index (χ0) is 18.5. The summed E-state index contributed by atoms with van der Waals surface area (Å²) in [5, 5.41) is 7.28. The quantitative estimate of drug-likeness (QED) is 0.901. The Morgan fingerprint density at radius 1 is 1.22 bits per heavy atom. The van der Waals surface area contributed by atoms with Crippen LogP contribution in [-0.4, -0.2) is 47.7 Å². The zero-order valence-electron chi connectivity index (χ0n) is 15.5. The third kappa shape index (κ3) is 2.90. The predicted molar refractivity (Wildman–Crippen MR) is 101 cm³/mol. The lowest BCUT2D eigenvalue weighted by Crippen LogP contribution is -2.49. The van der Waals surface area contributed by atoms with Crippen molar-refractivity contribution in [3.05, 3.63) is 23.8 Å². The fourth-order valence-electron chi connectivity index (χ4n) is 5.09. The molecule has 0 saturated carbocycles. The minimum Gasteiger partial charge on any atom is -0.354 e. The molecule has 142 valence electrons. The van der Waals surface area contributed by atoms with Crippen LogP contribution < -0.4 is 10.2 Å². The van der Waals surface area contributed by atoms with Gasteiger partial charge in [-0.1, -0.05) is 11.2 Å². The van der Waals surface area contributed by atoms with Crippen LogP contribution in [0.1, 0.15) is 37.7 Å². The molecule has 2 bridgehead atoms. The Morgan fingerprint density at radius 2 is 2.00 bits per heavy atom. The summed E-state index contributed by atoms with van der Waals surface area (Å²) >= 11 is 0. The van der Waals surface area contributed by atoms with Gasteiger partial charge >= 0.3 is 6.03 Å². The Balaban J connectivity index is 1.39. The first kappa shape index (κ1) is 16.7. The van der Waals surface area contributed by atoms with E-state index in [2.05, 4.69) is 34.6 Å². The first-order chi connectivity index (χ1) is 13.1. The molecular weight excluding hydrogens is 344 g/mol. The zero-order valence-corrected chi connectivity index (χ0v) is 15.5. The lowest BCUT2D eigenvalue weighted by atomic mass is 9.86. The number of nitrogens with one attached hydrogen (secondary N) is 1. The molecule has 1 unspecified atom stereocenters. The molecule has 1 aromatic carbocycles. The molecule has 3 saturated heterocycles. The van der Waals surface area contributed by atoms with Crippen LogP contribution in [0.15, 0.2) is 22.7 Å². The molecule has 3 fully saturated rings. The predicted octanol–water partition coefficient (Wildman–Crippen LogP) is 2.69. The summed E-state index contributed by atoms with van der Waals surface area (Å²) in [5.74, 6) is 0.956. The fourth-order valence-corrected chi connectivity index (χ4v) is 5.09. The number of amides is 3. The highest BCUT2D eigenvalue weighted by molar-refractivity contribution is 6.08. The van der Waals surface area contributed by atoms with E-state index < -0.39 is 6.03 Å². The molecule has 3 aliphatic rings. The van der Waals surface area contributed by atoms with Gasteiger partial charge in [-0.05, 0) is 62.8 Å². The van der Waals surface area contributed by atoms with Crippen molar-refractivity contribution >= 4 is 28.7 Å². The standard InChI is InChI=1S/C20H24N4O3/c1-23-14-3-4-15(23)10-13(9-14)8-12-2-5-17-16(11-12)19(22-27-17)24-7-6-18(25)21-20(24)26/h2,5,11,13-15H,3-4,6-10H2,1H3,(H,21,25,26)/t13?,14-,15+. The maximum Gasteiger partial charge on any atom is 0.329 e. The summed E-state index contributed by atoms with van der Waals surface area (Å²) < 4.78 is 5.42. The van der Waals surface area contributed by atoms with Crippen LogP contribution in [0.5, 0.6) is 0 Å². The molecule has 0 aliphatic carbocycles. The van der Waals surface area contributed by atoms with Crippen molar-refractivity contribution in [2.45, 2.75) is 50.6 Å². The van der Waals surface area contributed by atoms with Gasteiger partial charge in [0.2, 0.25) is 5.91 Å². The number of urea groups is 1. The topological polar surface area (TPSA) is 78.7 Å². The highest BCUT2D eigenvalue weighted by Crippen LogP contribution is 2.39. The summed E-state index contributed by atoms with van der Waals surface area (Å²) in [5.41, 5.74) is 1.93. The number of piperidine rings is 1. The Hall–Kier alpha value is -2.41. The van der Waals surface area contributed by atoms with Gasteiger partial charge < -0.3 is 9.42 Å². The highest BCUT2D eigenvalue weighted by atomic mass is 16.5. The monoisotopic (exact) mass is 368 g/mol. The van der Waals surface area contributed by atoms with Gasteiger partial charge in [0.1, 0.15) is 0 Å². The molecule has 3 aliphatic heterocycles. The SMILES string of the molecule is CN1[C@@H]2CC[C@H]1CC(Cc1ccc3onc(N4CCC(=O)NC4=O)c3c1)C2. The van der Waals surface area contributed by atoms with Gasteiger partial charge in [-0.15, -0.1) is 0 Å². The molecule has 2 aromatic rings. The lowest BCUT2D eigenvalue weighted by Gasteiger charge is -2.36. The van der Waals surface area contributed by atoms with Crippen molar-refractivity contribution in [3.63, 3.8) is 0 Å². The van der Waals surface area contributed by atoms with Crippen molar-refractivity contribution in [3.8, 4) is 0 Å². The maximum atomic E-state index is 12.2. The van der Waals surface area contributed by atoms with Crippen LogP contribution in [0.25, 0.3) is 11.0 Å². The minimum atomic E-state index is -0.432. The van der Waals surface area contributed by atoms with Crippen LogP contribution >= 0.6 is 0 Å². The Labute approximate surface area is 157 Å². The normalized spacial score (nSPS) is 28.8.